The second-order valence-electron chi connectivity index (χ2n) is 5.26. The van der Waals surface area contributed by atoms with Crippen LogP contribution in [0, 0.1) is 0 Å². The van der Waals surface area contributed by atoms with Crippen LogP contribution in [0.5, 0.6) is 0 Å². The van der Waals surface area contributed by atoms with Crippen molar-refractivity contribution in [3.63, 3.8) is 0 Å². The molecule has 1 aromatic carbocycles. The molecule has 0 aliphatic rings. The highest BCUT2D eigenvalue weighted by molar-refractivity contribution is 7.90. The third-order valence-corrected chi connectivity index (χ3v) is 4.69. The first-order valence-electron chi connectivity index (χ1n) is 6.78. The number of hydrogen-bond acceptors (Lipinski definition) is 4. The molecular formula is C16H20N2O2S. The normalized spacial score (nSPS) is 13.3. The largest absolute Gasteiger partial charge is 0.294 e. The first-order chi connectivity index (χ1) is 9.88. The van der Waals surface area contributed by atoms with Gasteiger partial charge in [0.05, 0.1) is 10.6 Å². The van der Waals surface area contributed by atoms with E-state index >= 15 is 0 Å². The average molecular weight is 304 g/mol. The average Bonchev–Trinajstić information content (AvgIpc) is 2.47. The van der Waals surface area contributed by atoms with Gasteiger partial charge in [-0.2, -0.15) is 0 Å². The fourth-order valence-corrected chi connectivity index (χ4v) is 2.75. The number of nitrogens with zero attached hydrogens (tertiary/aromatic N) is 2. The maximum atomic E-state index is 11.4. The Morgan fingerprint density at radius 1 is 1.14 bits per heavy atom. The minimum Gasteiger partial charge on any atom is -0.294 e. The highest BCUT2D eigenvalue weighted by Crippen LogP contribution is 2.19. The van der Waals surface area contributed by atoms with Crippen molar-refractivity contribution in [2.24, 2.45) is 0 Å². The summed E-state index contributed by atoms with van der Waals surface area (Å²) in [5.74, 6) is 0. The van der Waals surface area contributed by atoms with Gasteiger partial charge >= 0.3 is 0 Å². The molecule has 0 radical (unpaired) electrons. The van der Waals surface area contributed by atoms with E-state index in [2.05, 4.69) is 16.8 Å². The lowest BCUT2D eigenvalue weighted by Gasteiger charge is -2.24. The maximum Gasteiger partial charge on any atom is 0.175 e. The van der Waals surface area contributed by atoms with Crippen LogP contribution in [0.4, 0.5) is 0 Å². The first kappa shape index (κ1) is 15.7. The van der Waals surface area contributed by atoms with Crippen LogP contribution in [0.3, 0.4) is 0 Å². The second kappa shape index (κ2) is 6.37. The van der Waals surface area contributed by atoms with E-state index in [1.807, 2.05) is 37.4 Å². The highest BCUT2D eigenvalue weighted by atomic mass is 32.2. The quantitative estimate of drug-likeness (QED) is 0.852. The molecule has 0 amide bonds. The fraction of sp³-hybridized carbons (Fsp3) is 0.312. The van der Waals surface area contributed by atoms with Crippen molar-refractivity contribution in [1.29, 1.82) is 0 Å². The van der Waals surface area contributed by atoms with Gasteiger partial charge in [-0.15, -0.1) is 0 Å². The highest BCUT2D eigenvalue weighted by Gasteiger charge is 2.13. The number of sulfone groups is 1. The summed E-state index contributed by atoms with van der Waals surface area (Å²) < 4.78 is 22.9. The lowest BCUT2D eigenvalue weighted by molar-refractivity contribution is 0.248. The maximum absolute atomic E-state index is 11.4. The molecule has 1 unspecified atom stereocenters. The first-order valence-corrected chi connectivity index (χ1v) is 8.67. The van der Waals surface area contributed by atoms with Gasteiger partial charge in [0.2, 0.25) is 0 Å². The molecule has 1 aromatic heterocycles. The molecule has 2 rings (SSSR count). The van der Waals surface area contributed by atoms with E-state index in [1.165, 1.54) is 6.26 Å². The van der Waals surface area contributed by atoms with Crippen LogP contribution in [0.15, 0.2) is 53.6 Å². The molecule has 112 valence electrons. The van der Waals surface area contributed by atoms with Gasteiger partial charge in [-0.25, -0.2) is 8.42 Å². The molecule has 5 heteroatoms. The Hall–Kier alpha value is -1.72. The molecule has 0 fully saturated rings. The van der Waals surface area contributed by atoms with Gasteiger partial charge in [-0.05, 0) is 43.8 Å². The smallest absolute Gasteiger partial charge is 0.175 e. The molecule has 4 nitrogen and oxygen atoms in total. The molecule has 0 spiro atoms. The van der Waals surface area contributed by atoms with Gasteiger partial charge < -0.3 is 0 Å². The van der Waals surface area contributed by atoms with E-state index in [0.717, 1.165) is 17.8 Å². The van der Waals surface area contributed by atoms with Crippen LogP contribution in [-0.4, -0.2) is 31.6 Å². The molecule has 0 N–H and O–H groups in total. The SMILES string of the molecule is CC(c1ccccn1)N(C)Cc1ccc(S(C)(=O)=O)cc1. The Morgan fingerprint density at radius 2 is 1.81 bits per heavy atom. The molecule has 1 atom stereocenters. The Kier molecular flexibility index (Phi) is 4.75. The Balaban J connectivity index is 2.08. The van der Waals surface area contributed by atoms with E-state index in [9.17, 15) is 8.42 Å². The summed E-state index contributed by atoms with van der Waals surface area (Å²) in [5, 5.41) is 0. The predicted octanol–water partition coefficient (Wildman–Crippen LogP) is 2.68. The van der Waals surface area contributed by atoms with Gasteiger partial charge in [0.1, 0.15) is 0 Å². The predicted molar refractivity (Wildman–Crippen MR) is 83.7 cm³/mol. The topological polar surface area (TPSA) is 50.3 Å². The van der Waals surface area contributed by atoms with Gasteiger partial charge in [0, 0.05) is 25.0 Å². The molecule has 0 aliphatic heterocycles. The van der Waals surface area contributed by atoms with Crippen molar-refractivity contribution < 1.29 is 8.42 Å². The fourth-order valence-electron chi connectivity index (χ4n) is 2.12. The summed E-state index contributed by atoms with van der Waals surface area (Å²) in [4.78, 5) is 6.90. The number of pyridine rings is 1. The van der Waals surface area contributed by atoms with E-state index < -0.39 is 9.84 Å². The van der Waals surface area contributed by atoms with Crippen LogP contribution < -0.4 is 0 Å². The third-order valence-electron chi connectivity index (χ3n) is 3.56. The molecule has 2 aromatic rings. The molecule has 0 bridgehead atoms. The van der Waals surface area contributed by atoms with E-state index in [4.69, 9.17) is 0 Å². The zero-order chi connectivity index (χ0) is 15.5. The van der Waals surface area contributed by atoms with Crippen molar-refractivity contribution in [1.82, 2.24) is 9.88 Å². The van der Waals surface area contributed by atoms with Crippen molar-refractivity contribution in [3.8, 4) is 0 Å². The summed E-state index contributed by atoms with van der Waals surface area (Å²) >= 11 is 0. The Bertz CT molecular complexity index is 682. The minimum absolute atomic E-state index is 0.195. The molecule has 0 saturated carbocycles. The minimum atomic E-state index is -3.13. The molecule has 21 heavy (non-hydrogen) atoms. The zero-order valence-electron chi connectivity index (χ0n) is 12.5. The van der Waals surface area contributed by atoms with Crippen LogP contribution in [0.1, 0.15) is 24.2 Å². The summed E-state index contributed by atoms with van der Waals surface area (Å²) in [6.45, 7) is 2.84. The summed E-state index contributed by atoms with van der Waals surface area (Å²) in [7, 11) is -1.10. The van der Waals surface area contributed by atoms with Crippen molar-refractivity contribution in [3.05, 3.63) is 59.9 Å². The lowest BCUT2D eigenvalue weighted by Crippen LogP contribution is -2.22. The van der Waals surface area contributed by atoms with Crippen LogP contribution in [0.2, 0.25) is 0 Å². The summed E-state index contributed by atoms with van der Waals surface area (Å²) in [6, 6.07) is 13.1. The van der Waals surface area contributed by atoms with Gasteiger partial charge in [-0.3, -0.25) is 9.88 Å². The number of hydrogen-bond donors (Lipinski definition) is 0. The van der Waals surface area contributed by atoms with E-state index in [0.29, 0.717) is 4.90 Å². The third kappa shape index (κ3) is 4.12. The lowest BCUT2D eigenvalue weighted by atomic mass is 10.1. The van der Waals surface area contributed by atoms with Crippen LogP contribution in [-0.2, 0) is 16.4 Å². The molecule has 1 heterocycles. The van der Waals surface area contributed by atoms with Crippen molar-refractivity contribution >= 4 is 9.84 Å². The van der Waals surface area contributed by atoms with Gasteiger partial charge in [0.25, 0.3) is 0 Å². The van der Waals surface area contributed by atoms with Gasteiger partial charge in [0.15, 0.2) is 9.84 Å². The number of aromatic nitrogens is 1. The monoisotopic (exact) mass is 304 g/mol. The molecule has 0 saturated heterocycles. The standard InChI is InChI=1S/C16H20N2O2S/c1-13(16-6-4-5-11-17-16)18(2)12-14-7-9-15(10-8-14)21(3,19)20/h4-11,13H,12H2,1-3H3. The van der Waals surface area contributed by atoms with Crippen LogP contribution in [0.25, 0.3) is 0 Å². The zero-order valence-corrected chi connectivity index (χ0v) is 13.3. The Labute approximate surface area is 126 Å². The number of rotatable bonds is 5. The summed E-state index contributed by atoms with van der Waals surface area (Å²) in [5.41, 5.74) is 2.10. The Morgan fingerprint density at radius 3 is 2.33 bits per heavy atom. The molecule has 0 aliphatic carbocycles. The summed E-state index contributed by atoms with van der Waals surface area (Å²) in [6.07, 6.45) is 3.01. The van der Waals surface area contributed by atoms with Crippen LogP contribution >= 0.6 is 0 Å². The second-order valence-corrected chi connectivity index (χ2v) is 7.28. The van der Waals surface area contributed by atoms with Gasteiger partial charge in [-0.1, -0.05) is 18.2 Å². The van der Waals surface area contributed by atoms with E-state index in [1.54, 1.807) is 18.3 Å². The number of benzene rings is 1. The molecular weight excluding hydrogens is 284 g/mol. The van der Waals surface area contributed by atoms with E-state index in [-0.39, 0.29) is 6.04 Å². The van der Waals surface area contributed by atoms with Crippen molar-refractivity contribution in [2.75, 3.05) is 13.3 Å². The van der Waals surface area contributed by atoms with Crippen molar-refractivity contribution in [2.45, 2.75) is 24.4 Å².